The molecular formula is C97H61Br3N14. The molecule has 114 heavy (non-hydrogen) atoms. The molecule has 12 heterocycles. The molecule has 0 saturated heterocycles. The fourth-order valence-corrected chi connectivity index (χ4v) is 15.8. The molecule has 21 rings (SSSR count). The van der Waals surface area contributed by atoms with Crippen LogP contribution in [-0.2, 0) is 0 Å². The van der Waals surface area contributed by atoms with Crippen LogP contribution in [0.25, 0.3) is 185 Å². The first-order valence-electron chi connectivity index (χ1n) is 36.9. The Balaban J connectivity index is 0.000000115. The lowest BCUT2D eigenvalue weighted by atomic mass is 9.96. The fourth-order valence-electron chi connectivity index (χ4n) is 14.7. The van der Waals surface area contributed by atoms with Gasteiger partial charge in [-0.25, -0.2) is 34.9 Å². The molecule has 0 spiro atoms. The Morgan fingerprint density at radius 2 is 0.518 bits per heavy atom. The van der Waals surface area contributed by atoms with E-state index in [9.17, 15) is 0 Å². The van der Waals surface area contributed by atoms with Gasteiger partial charge in [-0.3, -0.25) is 33.6 Å². The molecule has 9 aromatic carbocycles. The van der Waals surface area contributed by atoms with Gasteiger partial charge in [0.05, 0.1) is 50.7 Å². The maximum absolute atomic E-state index is 4.92. The second kappa shape index (κ2) is 31.1. The van der Waals surface area contributed by atoms with E-state index in [0.717, 1.165) is 170 Å². The summed E-state index contributed by atoms with van der Waals surface area (Å²) in [7, 11) is 0. The lowest BCUT2D eigenvalue weighted by molar-refractivity contribution is 1.07. The third kappa shape index (κ3) is 14.1. The van der Waals surface area contributed by atoms with Gasteiger partial charge in [0, 0.05) is 134 Å². The van der Waals surface area contributed by atoms with Crippen LogP contribution in [0.1, 0.15) is 0 Å². The summed E-state index contributed by atoms with van der Waals surface area (Å²) in [5.41, 5.74) is 23.6. The first-order chi connectivity index (χ1) is 56.2. The van der Waals surface area contributed by atoms with Crippen LogP contribution in [0.2, 0.25) is 0 Å². The Bertz CT molecular complexity index is 6670. The van der Waals surface area contributed by atoms with Gasteiger partial charge in [0.15, 0.2) is 17.5 Å². The predicted molar refractivity (Wildman–Crippen MR) is 470 cm³/mol. The number of halogens is 3. The number of nitrogens with zero attached hydrogens (tertiary/aromatic N) is 14. The van der Waals surface area contributed by atoms with Crippen LogP contribution >= 0.6 is 47.8 Å². The van der Waals surface area contributed by atoms with E-state index in [1.54, 1.807) is 12.4 Å². The van der Waals surface area contributed by atoms with Crippen LogP contribution in [0.3, 0.4) is 0 Å². The second-order valence-electron chi connectivity index (χ2n) is 27.1. The zero-order valence-electron chi connectivity index (χ0n) is 60.6. The quantitative estimate of drug-likeness (QED) is 0.115. The van der Waals surface area contributed by atoms with Crippen molar-refractivity contribution >= 4 is 114 Å². The number of fused-ring (bicyclic) bond motifs is 9. The summed E-state index contributed by atoms with van der Waals surface area (Å²) >= 11 is 11.0. The van der Waals surface area contributed by atoms with Crippen LogP contribution in [0.5, 0.6) is 0 Å². The Morgan fingerprint density at radius 3 is 0.904 bits per heavy atom. The van der Waals surface area contributed by atoms with Crippen molar-refractivity contribution in [1.29, 1.82) is 0 Å². The normalized spacial score (nSPS) is 11.3. The second-order valence-corrected chi connectivity index (χ2v) is 29.8. The number of benzene rings is 9. The predicted octanol–water partition coefficient (Wildman–Crippen LogP) is 25.0. The number of hydrogen-bond acceptors (Lipinski definition) is 11. The molecule has 0 amide bonds. The lowest BCUT2D eigenvalue weighted by Crippen LogP contribution is -2.00. The third-order valence-corrected chi connectivity index (χ3v) is 21.4. The van der Waals surface area contributed by atoms with Crippen molar-refractivity contribution in [2.24, 2.45) is 0 Å². The van der Waals surface area contributed by atoms with Crippen molar-refractivity contribution in [2.45, 2.75) is 0 Å². The standard InChI is InChI=1S/C33H21BrN4.2C32H20BrN5/c34-26-12-13-28-29-9-6-16-37-33(29)38(32(28)21-26)27-8-5-7-22(20-27)23-17-24(30-10-1-3-14-35-30)19-25(18-23)31-11-2-4-15-36-31;33-23-12-13-25-26-9-6-16-36-32(26)38(31(25)20-23)24-8-5-7-21(17-24)22-18-29(27-10-1-3-14-34-27)37-30(19-22)28-11-2-4-15-35-28;33-24-15-18-26-27-12-7-19-34-32(27)38(28(26)20-24)25-16-13-23(14-17-25)31-36-29(21-8-3-1-4-9-21)35-30(37-31)22-10-5-2-6-11-22/h1-21H;2*1-20H. The zero-order chi connectivity index (χ0) is 76.4. The van der Waals surface area contributed by atoms with Gasteiger partial charge in [0.2, 0.25) is 0 Å². The van der Waals surface area contributed by atoms with Crippen molar-refractivity contribution < 1.29 is 0 Å². The van der Waals surface area contributed by atoms with Crippen LogP contribution < -0.4 is 0 Å². The van der Waals surface area contributed by atoms with Crippen LogP contribution in [-0.4, -0.2) is 68.5 Å². The first-order valence-corrected chi connectivity index (χ1v) is 39.3. The van der Waals surface area contributed by atoms with Gasteiger partial charge >= 0.3 is 0 Å². The Morgan fingerprint density at radius 1 is 0.184 bits per heavy atom. The molecule has 0 N–H and O–H groups in total. The molecule has 0 fully saturated rings. The molecule has 17 heteroatoms. The average Bonchev–Trinajstić information content (AvgIpc) is 1.61. The van der Waals surface area contributed by atoms with Gasteiger partial charge in [-0.2, -0.15) is 0 Å². The average molecular weight is 1660 g/mol. The van der Waals surface area contributed by atoms with E-state index in [0.29, 0.717) is 17.5 Å². The largest absolute Gasteiger partial charge is 0.294 e. The Kier molecular flexibility index (Phi) is 19.2. The van der Waals surface area contributed by atoms with Gasteiger partial charge in [0.25, 0.3) is 0 Å². The first kappa shape index (κ1) is 70.4. The van der Waals surface area contributed by atoms with E-state index in [-0.39, 0.29) is 0 Å². The molecular weight excluding hydrogens is 1600 g/mol. The summed E-state index contributed by atoms with van der Waals surface area (Å²) in [5.74, 6) is 1.93. The van der Waals surface area contributed by atoms with Crippen LogP contribution in [0, 0.1) is 0 Å². The lowest BCUT2D eigenvalue weighted by Gasteiger charge is -2.13. The number of rotatable bonds is 12. The zero-order valence-corrected chi connectivity index (χ0v) is 65.4. The molecule has 0 radical (unpaired) electrons. The third-order valence-electron chi connectivity index (χ3n) is 20.0. The number of hydrogen-bond donors (Lipinski definition) is 0. The van der Waals surface area contributed by atoms with Crippen molar-refractivity contribution in [3.05, 3.63) is 384 Å². The van der Waals surface area contributed by atoms with Gasteiger partial charge in [-0.1, -0.05) is 175 Å². The van der Waals surface area contributed by atoms with Crippen molar-refractivity contribution in [2.75, 3.05) is 0 Å². The van der Waals surface area contributed by atoms with Gasteiger partial charge < -0.3 is 0 Å². The maximum Gasteiger partial charge on any atom is 0.164 e. The van der Waals surface area contributed by atoms with Crippen molar-refractivity contribution in [3.63, 3.8) is 0 Å². The summed E-state index contributed by atoms with van der Waals surface area (Å²) in [5, 5.41) is 6.89. The summed E-state index contributed by atoms with van der Waals surface area (Å²) in [4.78, 5) is 52.0. The molecule has 12 aromatic heterocycles. The van der Waals surface area contributed by atoms with E-state index in [1.807, 2.05) is 183 Å². The van der Waals surface area contributed by atoms with E-state index >= 15 is 0 Å². The van der Waals surface area contributed by atoms with Crippen LogP contribution in [0.4, 0.5) is 0 Å². The van der Waals surface area contributed by atoms with Crippen LogP contribution in [0.15, 0.2) is 384 Å². The van der Waals surface area contributed by atoms with Gasteiger partial charge in [-0.05, 0) is 222 Å². The van der Waals surface area contributed by atoms with Gasteiger partial charge in [-0.15, -0.1) is 0 Å². The molecule has 0 aliphatic carbocycles. The molecule has 0 atom stereocenters. The molecule has 0 unspecified atom stereocenters. The van der Waals surface area contributed by atoms with E-state index in [4.69, 9.17) is 34.9 Å². The molecule has 0 aliphatic rings. The topological polar surface area (TPSA) is 157 Å². The molecule has 540 valence electrons. The minimum absolute atomic E-state index is 0.632. The van der Waals surface area contributed by atoms with E-state index in [2.05, 4.69) is 257 Å². The SMILES string of the molecule is Brc1ccc2c3cccnc3n(-c3ccc(-c4nc(-c5ccccc5)nc(-c5ccccc5)n4)cc3)c2c1.Brc1ccc2c3cccnc3n(-c3cccc(-c4cc(-c5ccccn5)cc(-c5ccccn5)c4)c3)c2c1.Brc1ccc2c3cccnc3n(-c3cccc(-c4cc(-c5ccccn5)nc(-c5ccccn5)c4)c3)c2c1. The molecule has 0 bridgehead atoms. The van der Waals surface area contributed by atoms with E-state index in [1.165, 1.54) is 10.8 Å². The summed E-state index contributed by atoms with van der Waals surface area (Å²) < 4.78 is 9.74. The highest BCUT2D eigenvalue weighted by Gasteiger charge is 2.21. The Hall–Kier alpha value is -14.0. The minimum atomic E-state index is 0.632. The number of aromatic nitrogens is 14. The molecule has 21 aromatic rings. The molecule has 0 aliphatic heterocycles. The smallest absolute Gasteiger partial charge is 0.164 e. The Labute approximate surface area is 680 Å². The maximum atomic E-state index is 4.92. The molecule has 0 saturated carbocycles. The van der Waals surface area contributed by atoms with Crippen molar-refractivity contribution in [1.82, 2.24) is 68.5 Å². The monoisotopic (exact) mass is 1660 g/mol. The summed E-state index contributed by atoms with van der Waals surface area (Å²) in [6.07, 6.45) is 12.8. The summed E-state index contributed by atoms with van der Waals surface area (Å²) in [6.45, 7) is 0. The minimum Gasteiger partial charge on any atom is -0.294 e. The number of pyridine rings is 8. The highest BCUT2D eigenvalue weighted by atomic mass is 79.9. The fraction of sp³-hybridized carbons (Fsp3) is 0. The highest BCUT2D eigenvalue weighted by Crippen LogP contribution is 2.40. The highest BCUT2D eigenvalue weighted by molar-refractivity contribution is 9.11. The molecule has 14 nitrogen and oxygen atoms in total. The van der Waals surface area contributed by atoms with Crippen molar-refractivity contribution in [3.8, 4) is 119 Å². The van der Waals surface area contributed by atoms with Gasteiger partial charge in [0.1, 0.15) is 16.9 Å². The summed E-state index contributed by atoms with van der Waals surface area (Å²) in [6, 6.07) is 111. The van der Waals surface area contributed by atoms with E-state index < -0.39 is 0 Å².